The first-order chi connectivity index (χ1) is 14.2. The molecule has 1 atom stereocenters. The molecule has 1 N–H and O–H groups in total. The van der Waals surface area contributed by atoms with Crippen LogP contribution in [0.3, 0.4) is 0 Å². The smallest absolute Gasteiger partial charge is 0.193 e. The molecule has 0 saturated carbocycles. The number of guanidine groups is 1. The molecule has 2 aliphatic heterocycles. The van der Waals surface area contributed by atoms with Crippen molar-refractivity contribution >= 4 is 41.3 Å². The minimum absolute atomic E-state index is 0. The highest BCUT2D eigenvalue weighted by Gasteiger charge is 2.25. The van der Waals surface area contributed by atoms with E-state index in [9.17, 15) is 4.39 Å². The molecule has 4 rings (SSSR count). The molecule has 0 spiro atoms. The molecule has 30 heavy (non-hydrogen) atoms. The summed E-state index contributed by atoms with van der Waals surface area (Å²) in [7, 11) is 1.84. The van der Waals surface area contributed by atoms with E-state index in [-0.39, 0.29) is 29.8 Å². The molecular weight excluding hydrogens is 492 g/mol. The molecular formula is C23H31FIN5. The zero-order valence-corrected chi connectivity index (χ0v) is 19.8. The van der Waals surface area contributed by atoms with Crippen molar-refractivity contribution in [2.24, 2.45) is 10.9 Å². The van der Waals surface area contributed by atoms with E-state index < -0.39 is 0 Å². The number of rotatable bonds is 4. The van der Waals surface area contributed by atoms with Crippen LogP contribution in [0.5, 0.6) is 0 Å². The quantitative estimate of drug-likeness (QED) is 0.377. The summed E-state index contributed by atoms with van der Waals surface area (Å²) in [5.74, 6) is 1.43. The number of benzene rings is 2. The van der Waals surface area contributed by atoms with E-state index in [1.165, 1.54) is 18.2 Å². The molecule has 0 amide bonds. The molecule has 2 saturated heterocycles. The molecule has 2 aromatic carbocycles. The number of halogens is 2. The third kappa shape index (κ3) is 5.36. The molecule has 0 radical (unpaired) electrons. The molecule has 1 unspecified atom stereocenters. The summed E-state index contributed by atoms with van der Waals surface area (Å²) in [4.78, 5) is 11.3. The lowest BCUT2D eigenvalue weighted by Gasteiger charge is -2.38. The van der Waals surface area contributed by atoms with Gasteiger partial charge in [-0.15, -0.1) is 24.0 Å². The van der Waals surface area contributed by atoms with E-state index in [1.807, 2.05) is 19.2 Å². The van der Waals surface area contributed by atoms with E-state index in [2.05, 4.69) is 55.3 Å². The van der Waals surface area contributed by atoms with Gasteiger partial charge in [0.25, 0.3) is 0 Å². The molecule has 162 valence electrons. The highest BCUT2D eigenvalue weighted by molar-refractivity contribution is 14.0. The lowest BCUT2D eigenvalue weighted by atomic mass is 10.1. The first-order valence-corrected chi connectivity index (χ1v) is 10.5. The predicted octanol–water partition coefficient (Wildman–Crippen LogP) is 3.67. The van der Waals surface area contributed by atoms with E-state index in [0.717, 1.165) is 51.8 Å². The van der Waals surface area contributed by atoms with Crippen LogP contribution in [0, 0.1) is 11.7 Å². The third-order valence-electron chi connectivity index (χ3n) is 5.94. The van der Waals surface area contributed by atoms with Gasteiger partial charge in [0, 0.05) is 58.5 Å². The lowest BCUT2D eigenvalue weighted by Crippen LogP contribution is -2.53. The minimum Gasteiger partial charge on any atom is -0.371 e. The molecule has 2 aromatic rings. The van der Waals surface area contributed by atoms with Crippen molar-refractivity contribution < 1.29 is 4.39 Å². The van der Waals surface area contributed by atoms with Crippen LogP contribution in [-0.4, -0.2) is 63.7 Å². The summed E-state index contributed by atoms with van der Waals surface area (Å²) in [5.41, 5.74) is 2.01. The van der Waals surface area contributed by atoms with Crippen molar-refractivity contribution in [1.29, 1.82) is 0 Å². The maximum Gasteiger partial charge on any atom is 0.193 e. The Hall–Kier alpha value is -2.03. The van der Waals surface area contributed by atoms with Crippen LogP contribution in [0.2, 0.25) is 0 Å². The fourth-order valence-corrected chi connectivity index (χ4v) is 4.31. The van der Waals surface area contributed by atoms with Crippen molar-refractivity contribution in [2.45, 2.75) is 6.42 Å². The van der Waals surface area contributed by atoms with Gasteiger partial charge in [-0.25, -0.2) is 4.39 Å². The Morgan fingerprint density at radius 2 is 1.67 bits per heavy atom. The van der Waals surface area contributed by atoms with Gasteiger partial charge in [-0.3, -0.25) is 4.99 Å². The number of para-hydroxylation sites is 2. The second kappa shape index (κ2) is 10.8. The summed E-state index contributed by atoms with van der Waals surface area (Å²) in [6.07, 6.45) is 1.19. The number of hydrogen-bond donors (Lipinski definition) is 1. The maximum absolute atomic E-state index is 14.0. The van der Waals surface area contributed by atoms with Crippen molar-refractivity contribution in [1.82, 2.24) is 10.2 Å². The number of piperazine rings is 1. The second-order valence-electron chi connectivity index (χ2n) is 7.79. The summed E-state index contributed by atoms with van der Waals surface area (Å²) < 4.78 is 14.0. The third-order valence-corrected chi connectivity index (χ3v) is 5.94. The van der Waals surface area contributed by atoms with Gasteiger partial charge in [-0.2, -0.15) is 0 Å². The van der Waals surface area contributed by atoms with Crippen molar-refractivity contribution in [3.05, 3.63) is 60.4 Å². The second-order valence-corrected chi connectivity index (χ2v) is 7.79. The Morgan fingerprint density at radius 1 is 0.967 bits per heavy atom. The number of nitrogens with zero attached hydrogens (tertiary/aromatic N) is 4. The predicted molar refractivity (Wildman–Crippen MR) is 134 cm³/mol. The molecule has 0 aromatic heterocycles. The zero-order chi connectivity index (χ0) is 20.1. The standard InChI is InChI=1S/C23H30FN5.HI/c1-25-23(26-17-19-11-12-29(18-19)20-7-3-2-4-8-20)28-15-13-27(14-16-28)22-10-6-5-9-21(22)24;/h2-10,19H,11-18H2,1H3,(H,25,26);1H. The maximum atomic E-state index is 14.0. The summed E-state index contributed by atoms with van der Waals surface area (Å²) in [5, 5.41) is 3.58. The average molecular weight is 523 g/mol. The molecule has 0 aliphatic carbocycles. The molecule has 5 nitrogen and oxygen atoms in total. The van der Waals surface area contributed by atoms with Gasteiger partial charge < -0.3 is 20.0 Å². The Morgan fingerprint density at radius 3 is 2.37 bits per heavy atom. The van der Waals surface area contributed by atoms with Gasteiger partial charge in [0.2, 0.25) is 0 Å². The molecule has 0 bridgehead atoms. The SMILES string of the molecule is CN=C(NCC1CCN(c2ccccc2)C1)N1CCN(c2ccccc2F)CC1.I. The van der Waals surface area contributed by atoms with E-state index in [4.69, 9.17) is 0 Å². The number of anilines is 2. The fraction of sp³-hybridized carbons (Fsp3) is 0.435. The minimum atomic E-state index is -0.146. The fourth-order valence-electron chi connectivity index (χ4n) is 4.31. The lowest BCUT2D eigenvalue weighted by molar-refractivity contribution is 0.367. The normalized spacial score (nSPS) is 19.6. The van der Waals surface area contributed by atoms with E-state index in [0.29, 0.717) is 11.6 Å². The Labute approximate surface area is 196 Å². The van der Waals surface area contributed by atoms with Crippen molar-refractivity contribution in [3.63, 3.8) is 0 Å². The number of nitrogens with one attached hydrogen (secondary N) is 1. The van der Waals surface area contributed by atoms with Gasteiger partial charge in [-0.1, -0.05) is 30.3 Å². The van der Waals surface area contributed by atoms with Crippen molar-refractivity contribution in [3.8, 4) is 0 Å². The highest BCUT2D eigenvalue weighted by atomic mass is 127. The number of aliphatic imine (C=N–C) groups is 1. The van der Waals surface area contributed by atoms with Gasteiger partial charge in [-0.05, 0) is 36.6 Å². The van der Waals surface area contributed by atoms with Crippen LogP contribution >= 0.6 is 24.0 Å². The van der Waals surface area contributed by atoms with E-state index in [1.54, 1.807) is 6.07 Å². The first kappa shape index (κ1) is 22.7. The molecule has 2 aliphatic rings. The highest BCUT2D eigenvalue weighted by Crippen LogP contribution is 2.23. The van der Waals surface area contributed by atoms with Crippen LogP contribution in [0.4, 0.5) is 15.8 Å². The van der Waals surface area contributed by atoms with Crippen LogP contribution in [-0.2, 0) is 0 Å². The Kier molecular flexibility index (Phi) is 8.18. The Bertz CT molecular complexity index is 823. The first-order valence-electron chi connectivity index (χ1n) is 10.5. The van der Waals surface area contributed by atoms with Gasteiger partial charge in [0.1, 0.15) is 5.82 Å². The van der Waals surface area contributed by atoms with Crippen molar-refractivity contribution in [2.75, 3.05) is 62.7 Å². The van der Waals surface area contributed by atoms with Crippen LogP contribution in [0.15, 0.2) is 59.6 Å². The van der Waals surface area contributed by atoms with Crippen LogP contribution < -0.4 is 15.1 Å². The van der Waals surface area contributed by atoms with Crippen LogP contribution in [0.1, 0.15) is 6.42 Å². The topological polar surface area (TPSA) is 34.1 Å². The average Bonchev–Trinajstić information content (AvgIpc) is 3.25. The molecule has 7 heteroatoms. The number of hydrogen-bond acceptors (Lipinski definition) is 3. The Balaban J connectivity index is 0.00000256. The van der Waals surface area contributed by atoms with E-state index >= 15 is 0 Å². The van der Waals surface area contributed by atoms with Gasteiger partial charge in [0.15, 0.2) is 5.96 Å². The van der Waals surface area contributed by atoms with Gasteiger partial charge in [0.05, 0.1) is 5.69 Å². The largest absolute Gasteiger partial charge is 0.371 e. The molecule has 2 heterocycles. The monoisotopic (exact) mass is 523 g/mol. The zero-order valence-electron chi connectivity index (χ0n) is 17.5. The summed E-state index contributed by atoms with van der Waals surface area (Å²) in [6.45, 7) is 6.40. The van der Waals surface area contributed by atoms with Crippen LogP contribution in [0.25, 0.3) is 0 Å². The summed E-state index contributed by atoms with van der Waals surface area (Å²) in [6, 6.07) is 17.7. The van der Waals surface area contributed by atoms with Gasteiger partial charge >= 0.3 is 0 Å². The summed E-state index contributed by atoms with van der Waals surface area (Å²) >= 11 is 0. The molecule has 2 fully saturated rings.